The lowest BCUT2D eigenvalue weighted by Crippen LogP contribution is -2.35. The van der Waals surface area contributed by atoms with E-state index in [1.807, 2.05) is 0 Å². The summed E-state index contributed by atoms with van der Waals surface area (Å²) in [6, 6.07) is 6.46. The van der Waals surface area contributed by atoms with Gasteiger partial charge in [-0.25, -0.2) is 4.39 Å². The van der Waals surface area contributed by atoms with E-state index < -0.39 is 5.38 Å². The number of rotatable bonds is 2. The molecule has 1 saturated heterocycles. The number of amides is 1. The maximum absolute atomic E-state index is 13.8. The molecule has 1 fully saturated rings. The first-order valence-electron chi connectivity index (χ1n) is 6.19. The zero-order valence-corrected chi connectivity index (χ0v) is 11.3. The molecule has 0 aliphatic carbocycles. The van der Waals surface area contributed by atoms with Crippen LogP contribution in [-0.4, -0.2) is 22.7 Å². The van der Waals surface area contributed by atoms with E-state index in [0.717, 1.165) is 6.42 Å². The molecule has 2 rings (SSSR count). The van der Waals surface area contributed by atoms with Crippen molar-refractivity contribution in [2.75, 3.05) is 6.54 Å². The lowest BCUT2D eigenvalue weighted by molar-refractivity contribution is -0.131. The lowest BCUT2D eigenvalue weighted by Gasteiger charge is -2.26. The van der Waals surface area contributed by atoms with E-state index in [-0.39, 0.29) is 17.8 Å². The topological polar surface area (TPSA) is 20.3 Å². The molecule has 1 aliphatic heterocycles. The summed E-state index contributed by atoms with van der Waals surface area (Å²) in [5, 5.41) is -0.565. The summed E-state index contributed by atoms with van der Waals surface area (Å²) in [5.74, 6) is -0.000122. The number of hydrogen-bond donors (Lipinski definition) is 0. The maximum atomic E-state index is 13.8. The maximum Gasteiger partial charge on any atom is 0.240 e. The SMILES string of the molecule is CC1CC(c2ccccc2F)N(C(=O)C(C)Cl)C1. The number of hydrogen-bond acceptors (Lipinski definition) is 1. The van der Waals surface area contributed by atoms with Crippen LogP contribution in [0.2, 0.25) is 0 Å². The number of halogens is 2. The molecule has 0 spiro atoms. The van der Waals surface area contributed by atoms with Crippen molar-refractivity contribution in [3.05, 3.63) is 35.6 Å². The van der Waals surface area contributed by atoms with Crippen LogP contribution < -0.4 is 0 Å². The number of benzene rings is 1. The summed E-state index contributed by atoms with van der Waals surface area (Å²) < 4.78 is 13.8. The molecule has 1 aromatic carbocycles. The van der Waals surface area contributed by atoms with Gasteiger partial charge < -0.3 is 4.90 Å². The van der Waals surface area contributed by atoms with Gasteiger partial charge in [0.15, 0.2) is 0 Å². The van der Waals surface area contributed by atoms with Gasteiger partial charge in [-0.05, 0) is 25.3 Å². The molecule has 1 aliphatic rings. The average Bonchev–Trinajstić information content (AvgIpc) is 2.70. The van der Waals surface area contributed by atoms with Gasteiger partial charge in [-0.3, -0.25) is 4.79 Å². The Kier molecular flexibility index (Phi) is 3.91. The summed E-state index contributed by atoms with van der Waals surface area (Å²) in [6.45, 7) is 4.38. The number of likely N-dealkylation sites (tertiary alicyclic amines) is 1. The molecule has 4 heteroatoms. The van der Waals surface area contributed by atoms with E-state index >= 15 is 0 Å². The minimum absolute atomic E-state index is 0.116. The summed E-state index contributed by atoms with van der Waals surface area (Å²) in [6.07, 6.45) is 0.788. The van der Waals surface area contributed by atoms with Gasteiger partial charge in [0.05, 0.1) is 6.04 Å². The van der Waals surface area contributed by atoms with Gasteiger partial charge in [0.25, 0.3) is 0 Å². The van der Waals surface area contributed by atoms with Crippen molar-refractivity contribution in [2.24, 2.45) is 5.92 Å². The Morgan fingerprint density at radius 2 is 2.17 bits per heavy atom. The normalized spacial score (nSPS) is 25.2. The number of nitrogens with zero attached hydrogens (tertiary/aromatic N) is 1. The Morgan fingerprint density at radius 3 is 2.78 bits per heavy atom. The van der Waals surface area contributed by atoms with Crippen molar-refractivity contribution >= 4 is 17.5 Å². The monoisotopic (exact) mass is 269 g/mol. The van der Waals surface area contributed by atoms with Crippen LogP contribution in [0.15, 0.2) is 24.3 Å². The largest absolute Gasteiger partial charge is 0.334 e. The van der Waals surface area contributed by atoms with Gasteiger partial charge in [0.2, 0.25) is 5.91 Å². The molecule has 3 unspecified atom stereocenters. The molecule has 2 nitrogen and oxygen atoms in total. The molecule has 0 aromatic heterocycles. The second-order valence-electron chi connectivity index (χ2n) is 4.98. The van der Waals surface area contributed by atoms with Crippen LogP contribution in [0, 0.1) is 11.7 Å². The molecule has 1 heterocycles. The third-order valence-electron chi connectivity index (χ3n) is 3.40. The van der Waals surface area contributed by atoms with E-state index in [1.54, 1.807) is 30.0 Å². The molecule has 0 saturated carbocycles. The van der Waals surface area contributed by atoms with Crippen LogP contribution in [0.25, 0.3) is 0 Å². The molecule has 98 valence electrons. The standard InChI is InChI=1S/C14H17ClFNO/c1-9-7-13(11-5-3-4-6-12(11)16)17(8-9)14(18)10(2)15/h3-6,9-10,13H,7-8H2,1-2H3. The molecule has 0 bridgehead atoms. The lowest BCUT2D eigenvalue weighted by atomic mass is 10.0. The smallest absolute Gasteiger partial charge is 0.240 e. The molecular formula is C14H17ClFNO. The van der Waals surface area contributed by atoms with E-state index in [2.05, 4.69) is 6.92 Å². The van der Waals surface area contributed by atoms with Crippen LogP contribution in [0.4, 0.5) is 4.39 Å². The first-order valence-corrected chi connectivity index (χ1v) is 6.63. The molecule has 1 amide bonds. The van der Waals surface area contributed by atoms with Gasteiger partial charge in [-0.15, -0.1) is 11.6 Å². The Hall–Kier alpha value is -1.09. The molecule has 3 atom stereocenters. The number of carbonyl (C=O) groups excluding carboxylic acids is 1. The van der Waals surface area contributed by atoms with Gasteiger partial charge in [-0.1, -0.05) is 25.1 Å². The molecule has 18 heavy (non-hydrogen) atoms. The summed E-state index contributed by atoms with van der Waals surface area (Å²) in [4.78, 5) is 13.8. The van der Waals surface area contributed by atoms with Gasteiger partial charge in [0.1, 0.15) is 11.2 Å². The van der Waals surface area contributed by atoms with Crippen LogP contribution in [-0.2, 0) is 4.79 Å². The number of alkyl halides is 1. The first kappa shape index (κ1) is 13.3. The summed E-state index contributed by atoms with van der Waals surface area (Å²) in [7, 11) is 0. The van der Waals surface area contributed by atoms with Gasteiger partial charge in [-0.2, -0.15) is 0 Å². The average molecular weight is 270 g/mol. The van der Waals surface area contributed by atoms with Crippen molar-refractivity contribution in [1.82, 2.24) is 4.90 Å². The van der Waals surface area contributed by atoms with Crippen molar-refractivity contribution < 1.29 is 9.18 Å². The van der Waals surface area contributed by atoms with Crippen molar-refractivity contribution in [1.29, 1.82) is 0 Å². The third-order valence-corrected chi connectivity index (χ3v) is 3.58. The van der Waals surface area contributed by atoms with Gasteiger partial charge >= 0.3 is 0 Å². The zero-order chi connectivity index (χ0) is 13.3. The van der Waals surface area contributed by atoms with E-state index in [4.69, 9.17) is 11.6 Å². The zero-order valence-electron chi connectivity index (χ0n) is 10.6. The fourth-order valence-corrected chi connectivity index (χ4v) is 2.68. The first-order chi connectivity index (χ1) is 8.50. The Labute approximate surface area is 112 Å². The Bertz CT molecular complexity index is 449. The van der Waals surface area contributed by atoms with Crippen LogP contribution in [0.3, 0.4) is 0 Å². The predicted molar refractivity (Wildman–Crippen MR) is 70.0 cm³/mol. The highest BCUT2D eigenvalue weighted by molar-refractivity contribution is 6.30. The second-order valence-corrected chi connectivity index (χ2v) is 5.64. The Morgan fingerprint density at radius 1 is 1.50 bits per heavy atom. The predicted octanol–water partition coefficient (Wildman–Crippen LogP) is 3.36. The van der Waals surface area contributed by atoms with Crippen molar-refractivity contribution in [3.63, 3.8) is 0 Å². The highest BCUT2D eigenvalue weighted by atomic mass is 35.5. The quantitative estimate of drug-likeness (QED) is 0.754. The van der Waals surface area contributed by atoms with Crippen LogP contribution >= 0.6 is 11.6 Å². The molecular weight excluding hydrogens is 253 g/mol. The summed E-state index contributed by atoms with van der Waals surface area (Å²) in [5.41, 5.74) is 0.590. The second kappa shape index (κ2) is 5.27. The summed E-state index contributed by atoms with van der Waals surface area (Å²) >= 11 is 5.86. The fraction of sp³-hybridized carbons (Fsp3) is 0.500. The van der Waals surface area contributed by atoms with E-state index in [0.29, 0.717) is 18.0 Å². The third kappa shape index (κ3) is 2.51. The highest BCUT2D eigenvalue weighted by Crippen LogP contribution is 2.36. The van der Waals surface area contributed by atoms with Crippen LogP contribution in [0.1, 0.15) is 31.9 Å². The highest BCUT2D eigenvalue weighted by Gasteiger charge is 2.36. The van der Waals surface area contributed by atoms with Crippen molar-refractivity contribution in [2.45, 2.75) is 31.7 Å². The van der Waals surface area contributed by atoms with E-state index in [9.17, 15) is 9.18 Å². The Balaban J connectivity index is 2.31. The van der Waals surface area contributed by atoms with E-state index in [1.165, 1.54) is 6.07 Å². The van der Waals surface area contributed by atoms with Gasteiger partial charge in [0, 0.05) is 12.1 Å². The molecule has 1 aromatic rings. The van der Waals surface area contributed by atoms with Crippen molar-refractivity contribution in [3.8, 4) is 0 Å². The fourth-order valence-electron chi connectivity index (χ4n) is 2.56. The minimum atomic E-state index is -0.565. The molecule has 0 N–H and O–H groups in total. The minimum Gasteiger partial charge on any atom is -0.334 e. The number of carbonyl (C=O) groups is 1. The van der Waals surface area contributed by atoms with Crippen LogP contribution in [0.5, 0.6) is 0 Å². The molecule has 0 radical (unpaired) electrons.